The number of halogens is 3. The van der Waals surface area contributed by atoms with Crippen LogP contribution in [0.1, 0.15) is 6.42 Å². The maximum absolute atomic E-state index is 12.7. The van der Waals surface area contributed by atoms with E-state index in [1.807, 2.05) is 0 Å². The van der Waals surface area contributed by atoms with E-state index in [9.17, 15) is 18.3 Å². The Morgan fingerprint density at radius 3 is 2.78 bits per heavy atom. The Morgan fingerprint density at radius 1 is 1.50 bits per heavy atom. The number of β-amino-alcohol motifs (C(OH)–C–C–N with tert-alkyl or cyclic N) is 1. The molecule has 1 aliphatic rings. The summed E-state index contributed by atoms with van der Waals surface area (Å²) >= 11 is 0. The van der Waals surface area contributed by atoms with Gasteiger partial charge < -0.3 is 15.3 Å². The lowest BCUT2D eigenvalue weighted by atomic mass is 10.0. The highest BCUT2D eigenvalue weighted by molar-refractivity contribution is 5.44. The molecule has 0 spiro atoms. The van der Waals surface area contributed by atoms with Crippen LogP contribution in [0.4, 0.5) is 24.9 Å². The summed E-state index contributed by atoms with van der Waals surface area (Å²) in [6, 6.07) is 1.52. The van der Waals surface area contributed by atoms with Gasteiger partial charge in [0.15, 0.2) is 5.60 Å². The lowest BCUT2D eigenvalue weighted by Crippen LogP contribution is -2.47. The molecule has 1 unspecified atom stereocenters. The summed E-state index contributed by atoms with van der Waals surface area (Å²) in [4.78, 5) is 9.33. The second-order valence-corrected chi connectivity index (χ2v) is 4.19. The molecule has 1 aromatic heterocycles. The fourth-order valence-electron chi connectivity index (χ4n) is 1.87. The molecule has 0 radical (unpaired) electrons. The molecule has 2 heterocycles. The van der Waals surface area contributed by atoms with Crippen molar-refractivity contribution >= 4 is 11.8 Å². The van der Waals surface area contributed by atoms with Crippen molar-refractivity contribution in [2.24, 2.45) is 0 Å². The zero-order valence-corrected chi connectivity index (χ0v) is 9.70. The van der Waals surface area contributed by atoms with Gasteiger partial charge in [-0.05, 0) is 6.07 Å². The Labute approximate surface area is 102 Å². The standard InChI is InChI=1S/C10H13F3N4O/c1-14-8-15-4-2-7(16-8)17-5-3-9(18,6-17)10(11,12)13/h2,4,18H,3,5-6H2,1H3,(H,14,15,16). The van der Waals surface area contributed by atoms with Crippen LogP contribution >= 0.6 is 0 Å². The van der Waals surface area contributed by atoms with Crippen LogP contribution in [-0.2, 0) is 0 Å². The van der Waals surface area contributed by atoms with Gasteiger partial charge in [-0.25, -0.2) is 4.98 Å². The van der Waals surface area contributed by atoms with Crippen LogP contribution in [0.25, 0.3) is 0 Å². The van der Waals surface area contributed by atoms with Crippen LogP contribution in [0.15, 0.2) is 12.3 Å². The van der Waals surface area contributed by atoms with Gasteiger partial charge in [0.1, 0.15) is 5.82 Å². The maximum atomic E-state index is 12.7. The normalized spacial score (nSPS) is 24.4. The van der Waals surface area contributed by atoms with E-state index in [0.29, 0.717) is 11.8 Å². The zero-order chi connectivity index (χ0) is 13.4. The third kappa shape index (κ3) is 2.20. The summed E-state index contributed by atoms with van der Waals surface area (Å²) in [5, 5.41) is 12.3. The van der Waals surface area contributed by atoms with Crippen molar-refractivity contribution < 1.29 is 18.3 Å². The molecule has 18 heavy (non-hydrogen) atoms. The Kier molecular flexibility index (Phi) is 3.05. The molecule has 0 aliphatic carbocycles. The van der Waals surface area contributed by atoms with E-state index < -0.39 is 18.3 Å². The molecular formula is C10H13F3N4O. The molecule has 5 nitrogen and oxygen atoms in total. The highest BCUT2D eigenvalue weighted by Gasteiger charge is 2.57. The first-order valence-electron chi connectivity index (χ1n) is 5.40. The quantitative estimate of drug-likeness (QED) is 0.833. The minimum Gasteiger partial charge on any atom is -0.379 e. The van der Waals surface area contributed by atoms with Crippen LogP contribution in [0.2, 0.25) is 0 Å². The van der Waals surface area contributed by atoms with Crippen LogP contribution in [-0.4, -0.2) is 47.0 Å². The molecule has 0 bridgehead atoms. The van der Waals surface area contributed by atoms with Crippen molar-refractivity contribution in [3.63, 3.8) is 0 Å². The summed E-state index contributed by atoms with van der Waals surface area (Å²) in [6.07, 6.45) is -3.52. The maximum Gasteiger partial charge on any atom is 0.418 e. The monoisotopic (exact) mass is 262 g/mol. The van der Waals surface area contributed by atoms with Crippen molar-refractivity contribution in [3.8, 4) is 0 Å². The Balaban J connectivity index is 2.18. The van der Waals surface area contributed by atoms with E-state index in [2.05, 4.69) is 15.3 Å². The topological polar surface area (TPSA) is 61.3 Å². The van der Waals surface area contributed by atoms with Crippen molar-refractivity contribution in [3.05, 3.63) is 12.3 Å². The second kappa shape index (κ2) is 4.27. The van der Waals surface area contributed by atoms with E-state index in [4.69, 9.17) is 0 Å². The number of aliphatic hydroxyl groups is 1. The van der Waals surface area contributed by atoms with Crippen molar-refractivity contribution in [1.82, 2.24) is 9.97 Å². The largest absolute Gasteiger partial charge is 0.418 e. The van der Waals surface area contributed by atoms with Crippen LogP contribution in [0.3, 0.4) is 0 Å². The molecular weight excluding hydrogens is 249 g/mol. The van der Waals surface area contributed by atoms with Crippen molar-refractivity contribution in [1.29, 1.82) is 0 Å². The van der Waals surface area contributed by atoms with Gasteiger partial charge in [-0.3, -0.25) is 0 Å². The van der Waals surface area contributed by atoms with Gasteiger partial charge in [0.2, 0.25) is 5.95 Å². The number of aromatic nitrogens is 2. The molecule has 1 aliphatic heterocycles. The van der Waals surface area contributed by atoms with Crippen molar-refractivity contribution in [2.75, 3.05) is 30.4 Å². The van der Waals surface area contributed by atoms with E-state index >= 15 is 0 Å². The SMILES string of the molecule is CNc1nccc(N2CCC(O)(C(F)(F)F)C2)n1. The smallest absolute Gasteiger partial charge is 0.379 e. The summed E-state index contributed by atoms with van der Waals surface area (Å²) in [6.45, 7) is -0.396. The van der Waals surface area contributed by atoms with Gasteiger partial charge in [-0.2, -0.15) is 18.2 Å². The number of nitrogens with zero attached hydrogens (tertiary/aromatic N) is 3. The Hall–Kier alpha value is -1.57. The average molecular weight is 262 g/mol. The molecule has 0 aromatic carbocycles. The Bertz CT molecular complexity index is 439. The van der Waals surface area contributed by atoms with Crippen molar-refractivity contribution in [2.45, 2.75) is 18.2 Å². The number of rotatable bonds is 2. The number of hydrogen-bond donors (Lipinski definition) is 2. The van der Waals surface area contributed by atoms with E-state index in [1.54, 1.807) is 7.05 Å². The molecule has 1 saturated heterocycles. The third-order valence-electron chi connectivity index (χ3n) is 2.96. The first kappa shape index (κ1) is 12.9. The number of anilines is 2. The number of nitrogens with one attached hydrogen (secondary N) is 1. The molecule has 1 atom stereocenters. The predicted molar refractivity (Wildman–Crippen MR) is 59.4 cm³/mol. The fourth-order valence-corrected chi connectivity index (χ4v) is 1.87. The molecule has 8 heteroatoms. The van der Waals surface area contributed by atoms with Crippen LogP contribution < -0.4 is 10.2 Å². The highest BCUT2D eigenvalue weighted by atomic mass is 19.4. The van der Waals surface area contributed by atoms with Gasteiger partial charge in [0, 0.05) is 26.2 Å². The fraction of sp³-hybridized carbons (Fsp3) is 0.600. The summed E-state index contributed by atoms with van der Waals surface area (Å²) in [5.41, 5.74) is -2.66. The predicted octanol–water partition coefficient (Wildman–Crippen LogP) is 1.02. The van der Waals surface area contributed by atoms with Gasteiger partial charge in [0.05, 0.1) is 6.54 Å². The second-order valence-electron chi connectivity index (χ2n) is 4.19. The Morgan fingerprint density at radius 2 is 2.22 bits per heavy atom. The van der Waals surface area contributed by atoms with Crippen LogP contribution in [0, 0.1) is 0 Å². The van der Waals surface area contributed by atoms with Crippen LogP contribution in [0.5, 0.6) is 0 Å². The molecule has 100 valence electrons. The molecule has 2 rings (SSSR count). The summed E-state index contributed by atoms with van der Waals surface area (Å²) in [5.74, 6) is 0.699. The van der Waals surface area contributed by atoms with Gasteiger partial charge in [0.25, 0.3) is 0 Å². The summed E-state index contributed by atoms with van der Waals surface area (Å²) < 4.78 is 38.0. The molecule has 1 fully saturated rings. The average Bonchev–Trinajstić information content (AvgIpc) is 2.73. The third-order valence-corrected chi connectivity index (χ3v) is 2.96. The molecule has 0 amide bonds. The minimum atomic E-state index is -4.62. The highest BCUT2D eigenvalue weighted by Crippen LogP contribution is 2.38. The molecule has 0 saturated carbocycles. The lowest BCUT2D eigenvalue weighted by molar-refractivity contribution is -0.250. The minimum absolute atomic E-state index is 0.107. The van der Waals surface area contributed by atoms with E-state index in [-0.39, 0.29) is 13.0 Å². The lowest BCUT2D eigenvalue weighted by Gasteiger charge is -2.26. The number of alkyl halides is 3. The molecule has 2 N–H and O–H groups in total. The van der Waals surface area contributed by atoms with Gasteiger partial charge >= 0.3 is 6.18 Å². The van der Waals surface area contributed by atoms with E-state index in [1.165, 1.54) is 17.2 Å². The zero-order valence-electron chi connectivity index (χ0n) is 9.70. The number of hydrogen-bond acceptors (Lipinski definition) is 5. The van der Waals surface area contributed by atoms with Gasteiger partial charge in [-0.1, -0.05) is 0 Å². The first-order valence-corrected chi connectivity index (χ1v) is 5.40. The summed E-state index contributed by atoms with van der Waals surface area (Å²) in [7, 11) is 1.62. The van der Waals surface area contributed by atoms with E-state index in [0.717, 1.165) is 0 Å². The first-order chi connectivity index (χ1) is 8.36. The molecule has 1 aromatic rings. The van der Waals surface area contributed by atoms with Gasteiger partial charge in [-0.15, -0.1) is 0 Å².